The molecule has 0 aliphatic carbocycles. The fourth-order valence-corrected chi connectivity index (χ4v) is 2.13. The van der Waals surface area contributed by atoms with Crippen molar-refractivity contribution in [2.75, 3.05) is 5.48 Å². The van der Waals surface area contributed by atoms with Gasteiger partial charge in [-0.15, -0.1) is 5.11 Å². The number of phenolic OH excluding ortho intramolecular Hbond substituents is 1. The van der Waals surface area contributed by atoms with Crippen LogP contribution in [0.2, 0.25) is 0 Å². The summed E-state index contributed by atoms with van der Waals surface area (Å²) in [6, 6.07) is 17.7. The number of benzene rings is 3. The Kier molecular flexibility index (Phi) is 3.49. The quantitative estimate of drug-likeness (QED) is 0.477. The number of hydrogen-bond acceptors (Lipinski definition) is 5. The van der Waals surface area contributed by atoms with E-state index >= 15 is 0 Å². The molecule has 0 atom stereocenters. The standard InChI is InChI=1S/C16H13N3O2/c20-12-5-3-4-11(10-12)17-18-15-8-9-16(19-21)14-7-2-1-6-13(14)15/h1-10,19-21H/b18-17+. The predicted molar refractivity (Wildman–Crippen MR) is 81.6 cm³/mol. The van der Waals surface area contributed by atoms with E-state index in [1.807, 2.05) is 24.3 Å². The molecule has 0 unspecified atom stereocenters. The van der Waals surface area contributed by atoms with E-state index in [2.05, 4.69) is 15.7 Å². The van der Waals surface area contributed by atoms with Crippen LogP contribution in [0, 0.1) is 0 Å². The van der Waals surface area contributed by atoms with Crippen molar-refractivity contribution >= 4 is 27.8 Å². The molecule has 0 aliphatic heterocycles. The highest BCUT2D eigenvalue weighted by molar-refractivity contribution is 6.00. The van der Waals surface area contributed by atoms with Gasteiger partial charge in [-0.05, 0) is 24.3 Å². The maximum Gasteiger partial charge on any atom is 0.117 e. The van der Waals surface area contributed by atoms with E-state index in [0.717, 1.165) is 10.8 Å². The summed E-state index contributed by atoms with van der Waals surface area (Å²) in [5, 5.41) is 28.6. The van der Waals surface area contributed by atoms with E-state index in [0.29, 0.717) is 17.1 Å². The fraction of sp³-hybridized carbons (Fsp3) is 0. The summed E-state index contributed by atoms with van der Waals surface area (Å²) in [5.74, 6) is 0.149. The maximum absolute atomic E-state index is 9.41. The minimum atomic E-state index is 0.149. The molecule has 0 saturated carbocycles. The number of aromatic hydroxyl groups is 1. The molecule has 3 rings (SSSR count). The summed E-state index contributed by atoms with van der Waals surface area (Å²) >= 11 is 0. The van der Waals surface area contributed by atoms with Gasteiger partial charge in [-0.3, -0.25) is 10.7 Å². The Bertz CT molecular complexity index is 815. The summed E-state index contributed by atoms with van der Waals surface area (Å²) in [4.78, 5) is 0. The normalized spacial score (nSPS) is 11.1. The van der Waals surface area contributed by atoms with E-state index < -0.39 is 0 Å². The Morgan fingerprint density at radius 2 is 1.62 bits per heavy atom. The number of anilines is 1. The largest absolute Gasteiger partial charge is 0.508 e. The molecular weight excluding hydrogens is 266 g/mol. The third kappa shape index (κ3) is 2.68. The number of fused-ring (bicyclic) bond motifs is 1. The van der Waals surface area contributed by atoms with Gasteiger partial charge in [-0.2, -0.15) is 5.11 Å². The van der Waals surface area contributed by atoms with Gasteiger partial charge in [0.05, 0.1) is 17.1 Å². The first kappa shape index (κ1) is 13.1. The average molecular weight is 279 g/mol. The van der Waals surface area contributed by atoms with Gasteiger partial charge in [0.2, 0.25) is 0 Å². The van der Waals surface area contributed by atoms with Gasteiger partial charge in [0.1, 0.15) is 5.75 Å². The van der Waals surface area contributed by atoms with Gasteiger partial charge < -0.3 is 5.11 Å². The highest BCUT2D eigenvalue weighted by atomic mass is 16.5. The van der Waals surface area contributed by atoms with Crippen LogP contribution in [0.5, 0.6) is 5.75 Å². The van der Waals surface area contributed by atoms with E-state index in [1.165, 1.54) is 6.07 Å². The SMILES string of the molecule is ONc1ccc(/N=N/c2cccc(O)c2)c2ccccc12. The van der Waals surface area contributed by atoms with Crippen LogP contribution >= 0.6 is 0 Å². The Hall–Kier alpha value is -2.92. The Balaban J connectivity index is 2.05. The Morgan fingerprint density at radius 3 is 2.38 bits per heavy atom. The van der Waals surface area contributed by atoms with Crippen molar-refractivity contribution < 1.29 is 10.3 Å². The maximum atomic E-state index is 9.41. The Labute approximate surface area is 121 Å². The third-order valence-electron chi connectivity index (χ3n) is 3.12. The molecular formula is C16H13N3O2. The molecule has 0 bridgehead atoms. The topological polar surface area (TPSA) is 77.2 Å². The molecule has 5 heteroatoms. The van der Waals surface area contributed by atoms with Crippen molar-refractivity contribution in [3.63, 3.8) is 0 Å². The summed E-state index contributed by atoms with van der Waals surface area (Å²) in [6.07, 6.45) is 0. The summed E-state index contributed by atoms with van der Waals surface area (Å²) in [7, 11) is 0. The average Bonchev–Trinajstić information content (AvgIpc) is 2.52. The van der Waals surface area contributed by atoms with E-state index in [4.69, 9.17) is 5.21 Å². The molecule has 3 aromatic rings. The number of nitrogens with zero attached hydrogens (tertiary/aromatic N) is 2. The van der Waals surface area contributed by atoms with Gasteiger partial charge in [0, 0.05) is 16.8 Å². The molecule has 0 amide bonds. The highest BCUT2D eigenvalue weighted by Crippen LogP contribution is 2.32. The van der Waals surface area contributed by atoms with Gasteiger partial charge >= 0.3 is 0 Å². The predicted octanol–water partition coefficient (Wildman–Crippen LogP) is 4.76. The van der Waals surface area contributed by atoms with Crippen molar-refractivity contribution in [2.24, 2.45) is 10.2 Å². The molecule has 5 nitrogen and oxygen atoms in total. The zero-order valence-electron chi connectivity index (χ0n) is 11.1. The first-order valence-electron chi connectivity index (χ1n) is 6.40. The van der Waals surface area contributed by atoms with Gasteiger partial charge in [-0.25, -0.2) is 0 Å². The third-order valence-corrected chi connectivity index (χ3v) is 3.12. The van der Waals surface area contributed by atoms with Gasteiger partial charge in [-0.1, -0.05) is 30.3 Å². The van der Waals surface area contributed by atoms with E-state index in [9.17, 15) is 5.11 Å². The number of hydrogen-bond donors (Lipinski definition) is 3. The van der Waals surface area contributed by atoms with Crippen molar-refractivity contribution in [1.29, 1.82) is 0 Å². The van der Waals surface area contributed by atoms with Crippen LogP contribution in [0.15, 0.2) is 70.9 Å². The number of rotatable bonds is 3. The zero-order valence-corrected chi connectivity index (χ0v) is 11.1. The van der Waals surface area contributed by atoms with Crippen LogP contribution in [0.3, 0.4) is 0 Å². The number of nitrogens with one attached hydrogen (secondary N) is 1. The second-order valence-corrected chi connectivity index (χ2v) is 4.51. The van der Waals surface area contributed by atoms with Crippen LogP contribution in [0.4, 0.5) is 17.1 Å². The minimum Gasteiger partial charge on any atom is -0.508 e. The van der Waals surface area contributed by atoms with Gasteiger partial charge in [0.25, 0.3) is 0 Å². The van der Waals surface area contributed by atoms with Crippen LogP contribution in [-0.4, -0.2) is 10.3 Å². The zero-order chi connectivity index (χ0) is 14.7. The van der Waals surface area contributed by atoms with Crippen molar-refractivity contribution in [1.82, 2.24) is 0 Å². The van der Waals surface area contributed by atoms with Crippen molar-refractivity contribution in [2.45, 2.75) is 0 Å². The molecule has 0 saturated heterocycles. The van der Waals surface area contributed by atoms with Crippen LogP contribution < -0.4 is 5.48 Å². The molecule has 3 aromatic carbocycles. The second kappa shape index (κ2) is 5.60. The lowest BCUT2D eigenvalue weighted by Crippen LogP contribution is -1.89. The lowest BCUT2D eigenvalue weighted by atomic mass is 10.1. The van der Waals surface area contributed by atoms with Crippen molar-refractivity contribution in [3.8, 4) is 5.75 Å². The van der Waals surface area contributed by atoms with Crippen LogP contribution in [0.25, 0.3) is 10.8 Å². The number of azo groups is 1. The van der Waals surface area contributed by atoms with Gasteiger partial charge in [0.15, 0.2) is 0 Å². The summed E-state index contributed by atoms with van der Waals surface area (Å²) in [6.45, 7) is 0. The van der Waals surface area contributed by atoms with E-state index in [-0.39, 0.29) is 5.75 Å². The molecule has 0 spiro atoms. The molecule has 21 heavy (non-hydrogen) atoms. The number of phenols is 1. The minimum absolute atomic E-state index is 0.149. The smallest absolute Gasteiger partial charge is 0.117 e. The summed E-state index contributed by atoms with van der Waals surface area (Å²) < 4.78 is 0. The fourth-order valence-electron chi connectivity index (χ4n) is 2.13. The van der Waals surface area contributed by atoms with Crippen LogP contribution in [0.1, 0.15) is 0 Å². The molecule has 0 fully saturated rings. The molecule has 3 N–H and O–H groups in total. The summed E-state index contributed by atoms with van der Waals surface area (Å²) in [5.41, 5.74) is 4.05. The highest BCUT2D eigenvalue weighted by Gasteiger charge is 2.04. The van der Waals surface area contributed by atoms with Crippen LogP contribution in [-0.2, 0) is 0 Å². The lowest BCUT2D eigenvalue weighted by Gasteiger charge is -2.06. The second-order valence-electron chi connectivity index (χ2n) is 4.51. The first-order valence-corrected chi connectivity index (χ1v) is 6.40. The molecule has 0 aromatic heterocycles. The molecule has 0 radical (unpaired) electrons. The monoisotopic (exact) mass is 279 g/mol. The molecule has 0 heterocycles. The molecule has 0 aliphatic rings. The van der Waals surface area contributed by atoms with E-state index in [1.54, 1.807) is 30.3 Å². The lowest BCUT2D eigenvalue weighted by molar-refractivity contribution is 0.390. The Morgan fingerprint density at radius 1 is 0.810 bits per heavy atom. The van der Waals surface area contributed by atoms with Crippen molar-refractivity contribution in [3.05, 3.63) is 60.7 Å². The first-order chi connectivity index (χ1) is 10.3. The molecule has 104 valence electrons.